The van der Waals surface area contributed by atoms with Crippen molar-refractivity contribution < 1.29 is 0 Å². The predicted octanol–water partition coefficient (Wildman–Crippen LogP) is 5.59. The van der Waals surface area contributed by atoms with Crippen LogP contribution >= 0.6 is 23.4 Å². The molecule has 2 heterocycles. The molecule has 0 spiro atoms. The zero-order valence-electron chi connectivity index (χ0n) is 15.4. The van der Waals surface area contributed by atoms with Crippen LogP contribution in [-0.2, 0) is 12.8 Å². The van der Waals surface area contributed by atoms with Crippen LogP contribution in [0.5, 0.6) is 0 Å². The van der Waals surface area contributed by atoms with Gasteiger partial charge in [-0.3, -0.25) is 4.98 Å². The van der Waals surface area contributed by atoms with Crippen molar-refractivity contribution >= 4 is 34.3 Å². The molecule has 0 aliphatic rings. The third-order valence-electron chi connectivity index (χ3n) is 4.63. The van der Waals surface area contributed by atoms with Gasteiger partial charge in [-0.05, 0) is 25.5 Å². The number of rotatable bonds is 4. The first kappa shape index (κ1) is 18.0. The summed E-state index contributed by atoms with van der Waals surface area (Å²) < 4.78 is 2.01. The van der Waals surface area contributed by atoms with Crippen LogP contribution in [0.3, 0.4) is 0 Å². The molecule has 4 aromatic rings. The van der Waals surface area contributed by atoms with Gasteiger partial charge in [0.05, 0.1) is 16.2 Å². The largest absolute Gasteiger partial charge is 0.305 e. The highest BCUT2D eigenvalue weighted by atomic mass is 35.5. The molecule has 0 fully saturated rings. The molecule has 2 aromatic heterocycles. The molecule has 0 saturated carbocycles. The first-order valence-corrected chi connectivity index (χ1v) is 10.0. The lowest BCUT2D eigenvalue weighted by molar-refractivity contribution is 0.793. The molecule has 0 amide bonds. The average molecular weight is 395 g/mol. The summed E-state index contributed by atoms with van der Waals surface area (Å²) in [5.41, 5.74) is 5.19. The smallest absolute Gasteiger partial charge is 0.191 e. The van der Waals surface area contributed by atoms with Crippen molar-refractivity contribution in [2.24, 2.45) is 7.05 Å². The molecule has 6 heteroatoms. The summed E-state index contributed by atoms with van der Waals surface area (Å²) in [4.78, 5) is 4.74. The van der Waals surface area contributed by atoms with Crippen LogP contribution < -0.4 is 0 Å². The molecular weight excluding hydrogens is 376 g/mol. The van der Waals surface area contributed by atoms with E-state index in [0.29, 0.717) is 5.75 Å². The maximum atomic E-state index is 6.58. The van der Waals surface area contributed by atoms with E-state index in [-0.39, 0.29) is 0 Å². The molecule has 2 aromatic carbocycles. The number of aryl methyl sites for hydroxylation is 2. The molecule has 136 valence electrons. The average Bonchev–Trinajstić information content (AvgIpc) is 3.05. The highest BCUT2D eigenvalue weighted by Gasteiger charge is 2.14. The van der Waals surface area contributed by atoms with E-state index in [1.54, 1.807) is 11.8 Å². The van der Waals surface area contributed by atoms with Crippen molar-refractivity contribution in [1.29, 1.82) is 0 Å². The number of fused-ring (bicyclic) bond motifs is 1. The van der Waals surface area contributed by atoms with E-state index in [4.69, 9.17) is 16.6 Å². The van der Waals surface area contributed by atoms with Gasteiger partial charge in [0.2, 0.25) is 0 Å². The van der Waals surface area contributed by atoms with E-state index in [1.807, 2.05) is 36.7 Å². The fourth-order valence-electron chi connectivity index (χ4n) is 3.04. The maximum Gasteiger partial charge on any atom is 0.191 e. The van der Waals surface area contributed by atoms with Gasteiger partial charge in [0, 0.05) is 23.8 Å². The SMILES string of the molecule is Cc1ccc(-c2nnc(SCc3nc4ccccc4c(C)c3Cl)n2C)cc1. The minimum atomic E-state index is 0.643. The molecule has 4 rings (SSSR count). The Bertz CT molecular complexity index is 1120. The molecule has 0 unspecified atom stereocenters. The number of nitrogens with zero attached hydrogens (tertiary/aromatic N) is 4. The second kappa shape index (κ2) is 7.33. The third kappa shape index (κ3) is 3.45. The lowest BCUT2D eigenvalue weighted by Gasteiger charge is -2.10. The van der Waals surface area contributed by atoms with Gasteiger partial charge in [0.25, 0.3) is 0 Å². The summed E-state index contributed by atoms with van der Waals surface area (Å²) in [6.07, 6.45) is 0. The number of para-hydroxylation sites is 1. The van der Waals surface area contributed by atoms with Gasteiger partial charge in [0.15, 0.2) is 11.0 Å². The summed E-state index contributed by atoms with van der Waals surface area (Å²) in [5, 5.41) is 11.4. The van der Waals surface area contributed by atoms with E-state index in [0.717, 1.165) is 43.7 Å². The molecule has 0 aliphatic carbocycles. The monoisotopic (exact) mass is 394 g/mol. The van der Waals surface area contributed by atoms with Gasteiger partial charge in [-0.25, -0.2) is 0 Å². The Hall–Kier alpha value is -2.37. The van der Waals surface area contributed by atoms with Crippen LogP contribution in [0.2, 0.25) is 5.02 Å². The normalized spacial score (nSPS) is 11.3. The highest BCUT2D eigenvalue weighted by Crippen LogP contribution is 2.31. The first-order valence-electron chi connectivity index (χ1n) is 8.67. The Morgan fingerprint density at radius 3 is 2.52 bits per heavy atom. The van der Waals surface area contributed by atoms with Crippen molar-refractivity contribution in [1.82, 2.24) is 19.7 Å². The van der Waals surface area contributed by atoms with E-state index >= 15 is 0 Å². The van der Waals surface area contributed by atoms with Crippen LogP contribution in [0, 0.1) is 13.8 Å². The van der Waals surface area contributed by atoms with E-state index < -0.39 is 0 Å². The fourth-order valence-corrected chi connectivity index (χ4v) is 4.18. The van der Waals surface area contributed by atoms with Gasteiger partial charge >= 0.3 is 0 Å². The number of aromatic nitrogens is 4. The van der Waals surface area contributed by atoms with Crippen LogP contribution in [0.4, 0.5) is 0 Å². The third-order valence-corrected chi connectivity index (χ3v) is 6.16. The second-order valence-corrected chi connectivity index (χ2v) is 7.85. The molecular formula is C21H19ClN4S. The fraction of sp³-hybridized carbons (Fsp3) is 0.190. The van der Waals surface area contributed by atoms with Crippen molar-refractivity contribution in [3.05, 3.63) is 70.4 Å². The van der Waals surface area contributed by atoms with Gasteiger partial charge in [-0.1, -0.05) is 71.4 Å². The summed E-state index contributed by atoms with van der Waals surface area (Å²) in [7, 11) is 1.98. The van der Waals surface area contributed by atoms with Crippen molar-refractivity contribution in [3.63, 3.8) is 0 Å². The zero-order chi connectivity index (χ0) is 19.0. The van der Waals surface area contributed by atoms with E-state index in [1.165, 1.54) is 5.56 Å². The standard InChI is InChI=1S/C21H19ClN4S/c1-13-8-10-15(11-9-13)20-24-25-21(26(20)3)27-12-18-19(22)14(2)16-6-4-5-7-17(16)23-18/h4-11H,12H2,1-3H3. The summed E-state index contributed by atoms with van der Waals surface area (Å²) in [5.74, 6) is 1.50. The molecule has 4 nitrogen and oxygen atoms in total. The number of benzene rings is 2. The number of pyridine rings is 1. The first-order chi connectivity index (χ1) is 13.0. The van der Waals surface area contributed by atoms with Crippen molar-refractivity contribution in [2.45, 2.75) is 24.8 Å². The lowest BCUT2D eigenvalue weighted by atomic mass is 10.1. The predicted molar refractivity (Wildman–Crippen MR) is 112 cm³/mol. The number of hydrogen-bond donors (Lipinski definition) is 0. The molecule has 0 atom stereocenters. The van der Waals surface area contributed by atoms with Crippen LogP contribution in [-0.4, -0.2) is 19.7 Å². The molecule has 0 N–H and O–H groups in total. The van der Waals surface area contributed by atoms with Gasteiger partial charge in [-0.15, -0.1) is 10.2 Å². The van der Waals surface area contributed by atoms with Gasteiger partial charge in [-0.2, -0.15) is 0 Å². The van der Waals surface area contributed by atoms with Crippen molar-refractivity contribution in [2.75, 3.05) is 0 Å². The van der Waals surface area contributed by atoms with E-state index in [2.05, 4.69) is 47.5 Å². The lowest BCUT2D eigenvalue weighted by Crippen LogP contribution is -1.97. The second-order valence-electron chi connectivity index (χ2n) is 6.53. The summed E-state index contributed by atoms with van der Waals surface area (Å²) in [6.45, 7) is 4.11. The molecule has 0 radical (unpaired) electrons. The molecule has 27 heavy (non-hydrogen) atoms. The maximum absolute atomic E-state index is 6.58. The van der Waals surface area contributed by atoms with Crippen LogP contribution in [0.25, 0.3) is 22.3 Å². The molecule has 0 bridgehead atoms. The minimum Gasteiger partial charge on any atom is -0.305 e. The topological polar surface area (TPSA) is 43.6 Å². The quantitative estimate of drug-likeness (QED) is 0.423. The van der Waals surface area contributed by atoms with Crippen LogP contribution in [0.1, 0.15) is 16.8 Å². The van der Waals surface area contributed by atoms with E-state index in [9.17, 15) is 0 Å². The Morgan fingerprint density at radius 2 is 1.74 bits per heavy atom. The Balaban J connectivity index is 1.60. The van der Waals surface area contributed by atoms with Crippen molar-refractivity contribution in [3.8, 4) is 11.4 Å². The Kier molecular flexibility index (Phi) is 4.89. The van der Waals surface area contributed by atoms with Gasteiger partial charge in [0.1, 0.15) is 0 Å². The molecule has 0 aliphatic heterocycles. The Morgan fingerprint density at radius 1 is 1.00 bits per heavy atom. The van der Waals surface area contributed by atoms with Crippen LogP contribution in [0.15, 0.2) is 53.7 Å². The highest BCUT2D eigenvalue weighted by molar-refractivity contribution is 7.98. The van der Waals surface area contributed by atoms with Gasteiger partial charge < -0.3 is 4.57 Å². The summed E-state index contributed by atoms with van der Waals surface area (Å²) >= 11 is 8.17. The summed E-state index contributed by atoms with van der Waals surface area (Å²) in [6, 6.07) is 16.4. The minimum absolute atomic E-state index is 0.643. The molecule has 0 saturated heterocycles. The number of hydrogen-bond acceptors (Lipinski definition) is 4. The zero-order valence-corrected chi connectivity index (χ0v) is 17.0. The number of thioether (sulfide) groups is 1. The number of halogens is 1. The Labute approximate surface area is 167 Å².